The average molecular weight is 420 g/mol. The van der Waals surface area contributed by atoms with Gasteiger partial charge in [-0.25, -0.2) is 0 Å². The number of benzene rings is 2. The number of anilines is 4. The van der Waals surface area contributed by atoms with E-state index >= 15 is 0 Å². The molecule has 0 spiro atoms. The molecule has 8 heteroatoms. The molecule has 1 aliphatic heterocycles. The minimum absolute atomic E-state index is 0.230. The van der Waals surface area contributed by atoms with Gasteiger partial charge >= 0.3 is 0 Å². The predicted octanol–water partition coefficient (Wildman–Crippen LogP) is 3.15. The summed E-state index contributed by atoms with van der Waals surface area (Å²) in [5.74, 6) is 2.26. The Kier molecular flexibility index (Phi) is 6.18. The summed E-state index contributed by atoms with van der Waals surface area (Å²) in [5.41, 5.74) is 10.6. The molecule has 3 aromatic rings. The van der Waals surface area contributed by atoms with E-state index in [1.165, 1.54) is 16.8 Å². The number of aryl methyl sites for hydroxylation is 2. The Morgan fingerprint density at radius 3 is 2.35 bits per heavy atom. The normalized spacial score (nSPS) is 14.5. The van der Waals surface area contributed by atoms with Crippen LogP contribution in [0.4, 0.5) is 23.3 Å². The van der Waals surface area contributed by atoms with Crippen molar-refractivity contribution in [3.8, 4) is 5.75 Å². The van der Waals surface area contributed by atoms with Crippen molar-refractivity contribution in [3.05, 3.63) is 59.4 Å². The fourth-order valence-electron chi connectivity index (χ4n) is 3.67. The first-order valence-electron chi connectivity index (χ1n) is 10.5. The van der Waals surface area contributed by atoms with Gasteiger partial charge in [0.2, 0.25) is 11.9 Å². The van der Waals surface area contributed by atoms with Crippen molar-refractivity contribution >= 4 is 23.3 Å². The lowest BCUT2D eigenvalue weighted by Crippen LogP contribution is -2.46. The predicted molar refractivity (Wildman–Crippen MR) is 124 cm³/mol. The maximum Gasteiger partial charge on any atom is 0.232 e. The zero-order chi connectivity index (χ0) is 21.8. The third-order valence-electron chi connectivity index (χ3n) is 5.64. The Morgan fingerprint density at radius 1 is 0.935 bits per heavy atom. The molecule has 0 unspecified atom stereocenters. The fourth-order valence-corrected chi connectivity index (χ4v) is 3.67. The van der Waals surface area contributed by atoms with Gasteiger partial charge in [-0.3, -0.25) is 4.90 Å². The Balaban J connectivity index is 1.37. The van der Waals surface area contributed by atoms with Crippen LogP contribution in [-0.2, 0) is 6.54 Å². The molecule has 0 saturated carbocycles. The van der Waals surface area contributed by atoms with E-state index in [1.54, 1.807) is 7.11 Å². The van der Waals surface area contributed by atoms with Gasteiger partial charge in [0.25, 0.3) is 0 Å². The number of hydrogen-bond donors (Lipinski definition) is 2. The van der Waals surface area contributed by atoms with Gasteiger partial charge in [0.15, 0.2) is 0 Å². The summed E-state index contributed by atoms with van der Waals surface area (Å²) >= 11 is 0. The standard InChI is InChI=1S/C23H29N7O/c1-16-4-5-18(14-17(16)2)25-23-27-21(26-22(24)28-23)15-29-10-12-30(13-11-29)19-6-8-20(31-3)9-7-19/h4-9,14H,10-13,15H2,1-3H3,(H3,24,25,26,27,28). The second-order valence-electron chi connectivity index (χ2n) is 7.82. The smallest absolute Gasteiger partial charge is 0.232 e. The van der Waals surface area contributed by atoms with E-state index in [-0.39, 0.29) is 5.95 Å². The van der Waals surface area contributed by atoms with Crippen LogP contribution in [0.15, 0.2) is 42.5 Å². The highest BCUT2D eigenvalue weighted by Gasteiger charge is 2.19. The maximum absolute atomic E-state index is 5.95. The number of hydrogen-bond acceptors (Lipinski definition) is 8. The van der Waals surface area contributed by atoms with Gasteiger partial charge in [0.05, 0.1) is 13.7 Å². The molecule has 1 fully saturated rings. The lowest BCUT2D eigenvalue weighted by molar-refractivity contribution is 0.244. The highest BCUT2D eigenvalue weighted by molar-refractivity contribution is 5.56. The largest absolute Gasteiger partial charge is 0.497 e. The van der Waals surface area contributed by atoms with Crippen LogP contribution in [-0.4, -0.2) is 53.1 Å². The second kappa shape index (κ2) is 9.18. The quantitative estimate of drug-likeness (QED) is 0.630. The molecule has 0 bridgehead atoms. The molecule has 31 heavy (non-hydrogen) atoms. The van der Waals surface area contributed by atoms with E-state index in [4.69, 9.17) is 10.5 Å². The number of ether oxygens (including phenoxy) is 1. The third kappa shape index (κ3) is 5.21. The van der Waals surface area contributed by atoms with Crippen LogP contribution in [0.2, 0.25) is 0 Å². The van der Waals surface area contributed by atoms with Crippen LogP contribution >= 0.6 is 0 Å². The molecule has 1 aliphatic rings. The molecule has 0 amide bonds. The van der Waals surface area contributed by atoms with Crippen molar-refractivity contribution in [1.82, 2.24) is 19.9 Å². The Morgan fingerprint density at radius 2 is 1.68 bits per heavy atom. The summed E-state index contributed by atoms with van der Waals surface area (Å²) in [5, 5.41) is 3.25. The van der Waals surface area contributed by atoms with E-state index < -0.39 is 0 Å². The number of nitrogen functional groups attached to an aromatic ring is 1. The SMILES string of the molecule is COc1ccc(N2CCN(Cc3nc(N)nc(Nc4ccc(C)c(C)c4)n3)CC2)cc1. The molecular weight excluding hydrogens is 390 g/mol. The van der Waals surface area contributed by atoms with E-state index in [2.05, 4.69) is 68.2 Å². The molecule has 3 N–H and O–H groups in total. The molecular formula is C23H29N7O. The zero-order valence-corrected chi connectivity index (χ0v) is 18.3. The van der Waals surface area contributed by atoms with Crippen LogP contribution in [0.1, 0.15) is 17.0 Å². The molecule has 1 saturated heterocycles. The van der Waals surface area contributed by atoms with Crippen LogP contribution in [0.3, 0.4) is 0 Å². The van der Waals surface area contributed by atoms with E-state index in [0.29, 0.717) is 18.3 Å². The van der Waals surface area contributed by atoms with Crippen molar-refractivity contribution in [1.29, 1.82) is 0 Å². The molecule has 0 atom stereocenters. The van der Waals surface area contributed by atoms with E-state index in [1.807, 2.05) is 18.2 Å². The highest BCUT2D eigenvalue weighted by Crippen LogP contribution is 2.21. The molecule has 0 radical (unpaired) electrons. The fraction of sp³-hybridized carbons (Fsp3) is 0.348. The van der Waals surface area contributed by atoms with Crippen molar-refractivity contribution in [2.75, 3.05) is 49.2 Å². The van der Waals surface area contributed by atoms with Crippen LogP contribution < -0.4 is 20.7 Å². The average Bonchev–Trinajstić information content (AvgIpc) is 2.76. The van der Waals surface area contributed by atoms with Crippen molar-refractivity contribution < 1.29 is 4.74 Å². The van der Waals surface area contributed by atoms with Gasteiger partial charge in [0, 0.05) is 37.6 Å². The minimum atomic E-state index is 0.230. The molecule has 162 valence electrons. The molecule has 4 rings (SSSR count). The molecule has 8 nitrogen and oxygen atoms in total. The molecule has 2 aromatic carbocycles. The van der Waals surface area contributed by atoms with Crippen molar-refractivity contribution in [2.45, 2.75) is 20.4 Å². The summed E-state index contributed by atoms with van der Waals surface area (Å²) in [6.07, 6.45) is 0. The number of piperazine rings is 1. The van der Waals surface area contributed by atoms with Gasteiger partial charge < -0.3 is 20.7 Å². The number of nitrogens with zero attached hydrogens (tertiary/aromatic N) is 5. The van der Waals surface area contributed by atoms with Crippen molar-refractivity contribution in [3.63, 3.8) is 0 Å². The molecule has 1 aromatic heterocycles. The topological polar surface area (TPSA) is 92.4 Å². The van der Waals surface area contributed by atoms with E-state index in [9.17, 15) is 0 Å². The van der Waals surface area contributed by atoms with Crippen LogP contribution in [0, 0.1) is 13.8 Å². The first-order valence-corrected chi connectivity index (χ1v) is 10.5. The van der Waals surface area contributed by atoms with Gasteiger partial charge in [-0.1, -0.05) is 6.07 Å². The summed E-state index contributed by atoms with van der Waals surface area (Å²) in [4.78, 5) is 17.9. The third-order valence-corrected chi connectivity index (χ3v) is 5.64. The van der Waals surface area contributed by atoms with Crippen molar-refractivity contribution in [2.24, 2.45) is 0 Å². The monoisotopic (exact) mass is 419 g/mol. The minimum Gasteiger partial charge on any atom is -0.497 e. The van der Waals surface area contributed by atoms with Gasteiger partial charge in [-0.15, -0.1) is 0 Å². The molecule has 0 aliphatic carbocycles. The summed E-state index contributed by atoms with van der Waals surface area (Å²) in [6, 6.07) is 14.4. The molecule has 2 heterocycles. The zero-order valence-electron chi connectivity index (χ0n) is 18.3. The summed E-state index contributed by atoms with van der Waals surface area (Å²) < 4.78 is 5.25. The number of rotatable bonds is 6. The lowest BCUT2D eigenvalue weighted by Gasteiger charge is -2.35. The summed E-state index contributed by atoms with van der Waals surface area (Å²) in [7, 11) is 1.68. The Bertz CT molecular complexity index is 1030. The summed E-state index contributed by atoms with van der Waals surface area (Å²) in [6.45, 7) is 8.56. The van der Waals surface area contributed by atoms with Gasteiger partial charge in [0.1, 0.15) is 11.6 Å². The number of methoxy groups -OCH3 is 1. The second-order valence-corrected chi connectivity index (χ2v) is 7.82. The van der Waals surface area contributed by atoms with E-state index in [0.717, 1.165) is 37.6 Å². The Labute approximate surface area is 183 Å². The van der Waals surface area contributed by atoms with Crippen LogP contribution in [0.25, 0.3) is 0 Å². The maximum atomic E-state index is 5.95. The van der Waals surface area contributed by atoms with Gasteiger partial charge in [-0.05, 0) is 61.4 Å². The number of aromatic nitrogens is 3. The number of nitrogens with two attached hydrogens (primary N) is 1. The first-order chi connectivity index (χ1) is 15.0. The van der Waals surface area contributed by atoms with Crippen LogP contribution in [0.5, 0.6) is 5.75 Å². The first kappa shape index (κ1) is 20.9. The lowest BCUT2D eigenvalue weighted by atomic mass is 10.1. The Hall–Kier alpha value is -3.39. The van der Waals surface area contributed by atoms with Gasteiger partial charge in [-0.2, -0.15) is 15.0 Å². The number of nitrogens with one attached hydrogen (secondary N) is 1. The highest BCUT2D eigenvalue weighted by atomic mass is 16.5.